The molecule has 1 saturated carbocycles. The molecular weight excluding hydrogens is 220 g/mol. The first-order valence-electron chi connectivity index (χ1n) is 5.96. The van der Waals surface area contributed by atoms with Gasteiger partial charge in [-0.3, -0.25) is 0 Å². The zero-order chi connectivity index (χ0) is 11.8. The van der Waals surface area contributed by atoms with Gasteiger partial charge in [0.05, 0.1) is 12.3 Å². The number of aromatic amines is 1. The number of hydrogen-bond acceptors (Lipinski definition) is 2. The fourth-order valence-corrected chi connectivity index (χ4v) is 3.14. The normalized spacial score (nSPS) is 24.6. The molecule has 0 amide bonds. The maximum absolute atomic E-state index is 9.35. The van der Waals surface area contributed by atoms with Gasteiger partial charge >= 0.3 is 0 Å². The second-order valence-corrected chi connectivity index (χ2v) is 5.75. The Kier molecular flexibility index (Phi) is 3.22. The third-order valence-electron chi connectivity index (χ3n) is 3.81. The van der Waals surface area contributed by atoms with Crippen LogP contribution in [0.5, 0.6) is 0 Å². The summed E-state index contributed by atoms with van der Waals surface area (Å²) in [5.74, 6) is 0. The minimum atomic E-state index is 0.0553. The van der Waals surface area contributed by atoms with E-state index < -0.39 is 0 Å². The molecule has 1 unspecified atom stereocenters. The summed E-state index contributed by atoms with van der Waals surface area (Å²) in [6.07, 6.45) is 6.77. The fraction of sp³-hybridized carbons (Fsp3) is 0.750. The van der Waals surface area contributed by atoms with Crippen molar-refractivity contribution in [2.75, 3.05) is 0 Å². The molecule has 1 heterocycles. The molecule has 4 heteroatoms. The van der Waals surface area contributed by atoms with E-state index in [0.29, 0.717) is 6.04 Å². The second kappa shape index (κ2) is 4.34. The van der Waals surface area contributed by atoms with Gasteiger partial charge in [-0.05, 0) is 30.5 Å². The molecule has 0 bridgehead atoms. The molecule has 0 aromatic carbocycles. The van der Waals surface area contributed by atoms with Crippen LogP contribution in [-0.2, 0) is 6.61 Å². The summed E-state index contributed by atoms with van der Waals surface area (Å²) in [6.45, 7) is 4.65. The van der Waals surface area contributed by atoms with Crippen molar-refractivity contribution < 1.29 is 5.11 Å². The van der Waals surface area contributed by atoms with E-state index in [1.807, 2.05) is 6.20 Å². The Labute approximate surface area is 102 Å². The molecule has 1 aromatic rings. The molecule has 1 aliphatic carbocycles. The monoisotopic (exact) mass is 240 g/mol. The summed E-state index contributed by atoms with van der Waals surface area (Å²) >= 11 is 5.32. The lowest BCUT2D eigenvalue weighted by Crippen LogP contribution is -2.31. The number of aliphatic hydroxyl groups excluding tert-OH is 1. The summed E-state index contributed by atoms with van der Waals surface area (Å²) in [6, 6.07) is 0.419. The lowest BCUT2D eigenvalue weighted by atomic mass is 9.73. The van der Waals surface area contributed by atoms with Crippen molar-refractivity contribution in [3.05, 3.63) is 16.7 Å². The SMILES string of the molecule is CC1(C)CCCCC1n1c(CO)c[nH]c1=S. The van der Waals surface area contributed by atoms with Crippen LogP contribution in [0.3, 0.4) is 0 Å². The van der Waals surface area contributed by atoms with Crippen LogP contribution in [0.25, 0.3) is 0 Å². The molecule has 0 aliphatic heterocycles. The molecule has 1 aromatic heterocycles. The van der Waals surface area contributed by atoms with Crippen molar-refractivity contribution in [1.29, 1.82) is 0 Å². The first kappa shape index (κ1) is 11.9. The van der Waals surface area contributed by atoms with Crippen molar-refractivity contribution in [2.24, 2.45) is 5.41 Å². The summed E-state index contributed by atoms with van der Waals surface area (Å²) in [4.78, 5) is 3.04. The van der Waals surface area contributed by atoms with Gasteiger partial charge in [-0.1, -0.05) is 26.7 Å². The smallest absolute Gasteiger partial charge is 0.177 e. The molecule has 2 rings (SSSR count). The average molecular weight is 240 g/mol. The number of H-pyrrole nitrogens is 1. The minimum Gasteiger partial charge on any atom is -0.390 e. The molecule has 1 aliphatic rings. The number of rotatable bonds is 2. The van der Waals surface area contributed by atoms with Crippen LogP contribution in [0.2, 0.25) is 0 Å². The van der Waals surface area contributed by atoms with E-state index in [1.54, 1.807) is 0 Å². The van der Waals surface area contributed by atoms with Gasteiger partial charge in [0.15, 0.2) is 4.77 Å². The van der Waals surface area contributed by atoms with E-state index in [0.717, 1.165) is 16.9 Å². The van der Waals surface area contributed by atoms with Gasteiger partial charge in [-0.15, -0.1) is 0 Å². The molecule has 0 spiro atoms. The van der Waals surface area contributed by atoms with Crippen molar-refractivity contribution in [1.82, 2.24) is 9.55 Å². The highest BCUT2D eigenvalue weighted by Crippen LogP contribution is 2.44. The van der Waals surface area contributed by atoms with Gasteiger partial charge in [0, 0.05) is 12.2 Å². The van der Waals surface area contributed by atoms with Crippen LogP contribution in [0.1, 0.15) is 51.3 Å². The van der Waals surface area contributed by atoms with Crippen molar-refractivity contribution in [2.45, 2.75) is 52.2 Å². The Bertz CT molecular complexity index is 419. The maximum Gasteiger partial charge on any atom is 0.177 e. The van der Waals surface area contributed by atoms with Gasteiger partial charge < -0.3 is 14.7 Å². The van der Waals surface area contributed by atoms with Crippen LogP contribution in [-0.4, -0.2) is 14.7 Å². The first-order valence-corrected chi connectivity index (χ1v) is 6.37. The van der Waals surface area contributed by atoms with Gasteiger partial charge in [0.25, 0.3) is 0 Å². The second-order valence-electron chi connectivity index (χ2n) is 5.36. The largest absolute Gasteiger partial charge is 0.390 e. The van der Waals surface area contributed by atoms with Crippen LogP contribution in [0.4, 0.5) is 0 Å². The molecule has 0 saturated heterocycles. The van der Waals surface area contributed by atoms with E-state index >= 15 is 0 Å². The summed E-state index contributed by atoms with van der Waals surface area (Å²) < 4.78 is 2.86. The predicted molar refractivity (Wildman–Crippen MR) is 66.8 cm³/mol. The number of aromatic nitrogens is 2. The molecule has 90 valence electrons. The lowest BCUT2D eigenvalue weighted by Gasteiger charge is -2.40. The summed E-state index contributed by atoms with van der Waals surface area (Å²) in [5, 5.41) is 9.35. The van der Waals surface area contributed by atoms with Crippen LogP contribution < -0.4 is 0 Å². The Morgan fingerprint density at radius 2 is 2.31 bits per heavy atom. The van der Waals surface area contributed by atoms with Gasteiger partial charge in [0.2, 0.25) is 0 Å². The zero-order valence-corrected chi connectivity index (χ0v) is 10.8. The van der Waals surface area contributed by atoms with Crippen LogP contribution >= 0.6 is 12.2 Å². The maximum atomic E-state index is 9.35. The van der Waals surface area contributed by atoms with Crippen LogP contribution in [0.15, 0.2) is 6.20 Å². The number of nitrogens with zero attached hydrogens (tertiary/aromatic N) is 1. The molecule has 1 fully saturated rings. The van der Waals surface area contributed by atoms with Gasteiger partial charge in [-0.25, -0.2) is 0 Å². The predicted octanol–water partition coefficient (Wildman–Crippen LogP) is 3.18. The van der Waals surface area contributed by atoms with E-state index in [1.165, 1.54) is 19.3 Å². The standard InChI is InChI=1S/C12H20N2OS/c1-12(2)6-4-3-5-10(12)14-9(8-15)7-13-11(14)16/h7,10,15H,3-6,8H2,1-2H3,(H,13,16). The molecular formula is C12H20N2OS. The highest BCUT2D eigenvalue weighted by Gasteiger charge is 2.34. The zero-order valence-electron chi connectivity index (χ0n) is 9.99. The molecule has 16 heavy (non-hydrogen) atoms. The van der Waals surface area contributed by atoms with Crippen molar-refractivity contribution in [3.63, 3.8) is 0 Å². The molecule has 1 atom stereocenters. The third kappa shape index (κ3) is 1.96. The molecule has 3 nitrogen and oxygen atoms in total. The molecule has 0 radical (unpaired) electrons. The number of nitrogens with one attached hydrogen (secondary N) is 1. The Morgan fingerprint density at radius 1 is 1.56 bits per heavy atom. The quantitative estimate of drug-likeness (QED) is 0.780. The highest BCUT2D eigenvalue weighted by atomic mass is 32.1. The van der Waals surface area contributed by atoms with E-state index in [2.05, 4.69) is 23.4 Å². The first-order chi connectivity index (χ1) is 7.56. The number of hydrogen-bond donors (Lipinski definition) is 2. The summed E-state index contributed by atoms with van der Waals surface area (Å²) in [7, 11) is 0. The summed E-state index contributed by atoms with van der Waals surface area (Å²) in [5.41, 5.74) is 1.17. The Hall–Kier alpha value is -0.610. The lowest BCUT2D eigenvalue weighted by molar-refractivity contribution is 0.134. The van der Waals surface area contributed by atoms with Gasteiger partial charge in [0.1, 0.15) is 0 Å². The third-order valence-corrected chi connectivity index (χ3v) is 4.13. The topological polar surface area (TPSA) is 41.0 Å². The Morgan fingerprint density at radius 3 is 2.94 bits per heavy atom. The van der Waals surface area contributed by atoms with Gasteiger partial charge in [-0.2, -0.15) is 0 Å². The van der Waals surface area contributed by atoms with Crippen molar-refractivity contribution in [3.8, 4) is 0 Å². The minimum absolute atomic E-state index is 0.0553. The Balaban J connectivity index is 2.42. The average Bonchev–Trinajstić information content (AvgIpc) is 2.59. The van der Waals surface area contributed by atoms with E-state index in [9.17, 15) is 5.11 Å². The number of imidazole rings is 1. The highest BCUT2D eigenvalue weighted by molar-refractivity contribution is 7.71. The van der Waals surface area contributed by atoms with E-state index in [-0.39, 0.29) is 12.0 Å². The van der Waals surface area contributed by atoms with Crippen molar-refractivity contribution >= 4 is 12.2 Å². The van der Waals surface area contributed by atoms with E-state index in [4.69, 9.17) is 12.2 Å². The van der Waals surface area contributed by atoms with Crippen LogP contribution in [0, 0.1) is 10.2 Å². The number of aliphatic hydroxyl groups is 1. The molecule has 2 N–H and O–H groups in total. The fourth-order valence-electron chi connectivity index (χ4n) is 2.83.